The van der Waals surface area contributed by atoms with Crippen molar-refractivity contribution in [2.75, 3.05) is 13.2 Å². The molecule has 0 fully saturated rings. The maximum atomic E-state index is 5.58. The molecule has 100 valence electrons. The van der Waals surface area contributed by atoms with Gasteiger partial charge >= 0.3 is 0 Å². The topological polar surface area (TPSA) is 60.0 Å². The van der Waals surface area contributed by atoms with E-state index in [4.69, 9.17) is 9.47 Å². The van der Waals surface area contributed by atoms with E-state index in [1.807, 2.05) is 24.3 Å². The maximum Gasteiger partial charge on any atom is 0.163 e. The van der Waals surface area contributed by atoms with Crippen LogP contribution in [0.25, 0.3) is 11.0 Å². The van der Waals surface area contributed by atoms with E-state index < -0.39 is 0 Å². The lowest BCUT2D eigenvalue weighted by atomic mass is 10.2. The SMILES string of the molecule is c1cc(Cc2nc3cc4c(cc3[nH]2)OCCO4)ccn1. The van der Waals surface area contributed by atoms with Gasteiger partial charge in [-0.3, -0.25) is 4.98 Å². The highest BCUT2D eigenvalue weighted by Crippen LogP contribution is 2.33. The van der Waals surface area contributed by atoms with Gasteiger partial charge in [0.15, 0.2) is 11.5 Å². The highest BCUT2D eigenvalue weighted by Gasteiger charge is 2.14. The second kappa shape index (κ2) is 4.52. The number of rotatable bonds is 2. The van der Waals surface area contributed by atoms with Crippen molar-refractivity contribution in [2.45, 2.75) is 6.42 Å². The first-order valence-corrected chi connectivity index (χ1v) is 6.56. The molecule has 2 aromatic heterocycles. The molecule has 0 atom stereocenters. The Hall–Kier alpha value is -2.56. The number of benzene rings is 1. The Morgan fingerprint density at radius 2 is 1.80 bits per heavy atom. The van der Waals surface area contributed by atoms with Gasteiger partial charge in [0.2, 0.25) is 0 Å². The van der Waals surface area contributed by atoms with Crippen LogP contribution < -0.4 is 9.47 Å². The fourth-order valence-corrected chi connectivity index (χ4v) is 2.38. The summed E-state index contributed by atoms with van der Waals surface area (Å²) in [5, 5.41) is 0. The van der Waals surface area contributed by atoms with Gasteiger partial charge in [-0.2, -0.15) is 0 Å². The monoisotopic (exact) mass is 267 g/mol. The molecule has 0 saturated carbocycles. The molecule has 3 heterocycles. The van der Waals surface area contributed by atoms with Gasteiger partial charge in [-0.15, -0.1) is 0 Å². The van der Waals surface area contributed by atoms with E-state index in [1.165, 1.54) is 5.56 Å². The van der Waals surface area contributed by atoms with Gasteiger partial charge < -0.3 is 14.5 Å². The van der Waals surface area contributed by atoms with E-state index in [1.54, 1.807) is 12.4 Å². The molecule has 0 unspecified atom stereocenters. The molecule has 0 radical (unpaired) electrons. The Labute approximate surface area is 115 Å². The summed E-state index contributed by atoms with van der Waals surface area (Å²) >= 11 is 0. The van der Waals surface area contributed by atoms with E-state index in [0.29, 0.717) is 13.2 Å². The molecule has 0 amide bonds. The van der Waals surface area contributed by atoms with Gasteiger partial charge in [0, 0.05) is 30.9 Å². The van der Waals surface area contributed by atoms with Crippen molar-refractivity contribution in [1.29, 1.82) is 0 Å². The predicted octanol–water partition coefficient (Wildman–Crippen LogP) is 2.32. The second-order valence-corrected chi connectivity index (χ2v) is 4.73. The number of nitrogens with zero attached hydrogens (tertiary/aromatic N) is 2. The highest BCUT2D eigenvalue weighted by molar-refractivity contribution is 5.80. The largest absolute Gasteiger partial charge is 0.486 e. The first kappa shape index (κ1) is 11.3. The van der Waals surface area contributed by atoms with Gasteiger partial charge in [0.25, 0.3) is 0 Å². The van der Waals surface area contributed by atoms with Crippen molar-refractivity contribution >= 4 is 11.0 Å². The van der Waals surface area contributed by atoms with E-state index in [2.05, 4.69) is 15.0 Å². The predicted molar refractivity (Wildman–Crippen MR) is 74.1 cm³/mol. The van der Waals surface area contributed by atoms with Gasteiger partial charge in [-0.05, 0) is 17.7 Å². The minimum Gasteiger partial charge on any atom is -0.486 e. The molecule has 1 aromatic carbocycles. The minimum atomic E-state index is 0.590. The molecule has 5 nitrogen and oxygen atoms in total. The molecular weight excluding hydrogens is 254 g/mol. The average Bonchev–Trinajstić information content (AvgIpc) is 2.86. The number of hydrogen-bond donors (Lipinski definition) is 1. The Kier molecular flexibility index (Phi) is 2.55. The van der Waals surface area contributed by atoms with Crippen LogP contribution >= 0.6 is 0 Å². The molecule has 3 aromatic rings. The summed E-state index contributed by atoms with van der Waals surface area (Å²) < 4.78 is 11.1. The van der Waals surface area contributed by atoms with Crippen LogP contribution in [-0.4, -0.2) is 28.2 Å². The summed E-state index contributed by atoms with van der Waals surface area (Å²) in [6, 6.07) is 7.86. The summed E-state index contributed by atoms with van der Waals surface area (Å²) in [6.07, 6.45) is 4.33. The number of pyridine rings is 1. The Morgan fingerprint density at radius 3 is 2.60 bits per heavy atom. The van der Waals surface area contributed by atoms with Crippen LogP contribution in [0.3, 0.4) is 0 Å². The number of hydrogen-bond acceptors (Lipinski definition) is 4. The fourth-order valence-electron chi connectivity index (χ4n) is 2.38. The lowest BCUT2D eigenvalue weighted by Crippen LogP contribution is -2.15. The van der Waals surface area contributed by atoms with Crippen LogP contribution in [0, 0.1) is 0 Å². The fraction of sp³-hybridized carbons (Fsp3) is 0.200. The lowest BCUT2D eigenvalue weighted by Gasteiger charge is -2.17. The molecule has 5 heteroatoms. The standard InChI is InChI=1S/C15H13N3O2/c1-3-16-4-2-10(1)7-15-17-11-8-13-14(9-12(11)18-15)20-6-5-19-13/h1-4,8-9H,5-7H2,(H,17,18). The summed E-state index contributed by atoms with van der Waals surface area (Å²) in [5.74, 6) is 2.47. The van der Waals surface area contributed by atoms with E-state index in [9.17, 15) is 0 Å². The van der Waals surface area contributed by atoms with Crippen LogP contribution in [0.15, 0.2) is 36.7 Å². The molecule has 1 aliphatic rings. The van der Waals surface area contributed by atoms with Crippen molar-refractivity contribution in [1.82, 2.24) is 15.0 Å². The normalized spacial score (nSPS) is 13.6. The van der Waals surface area contributed by atoms with Gasteiger partial charge in [-0.1, -0.05) is 0 Å². The lowest BCUT2D eigenvalue weighted by molar-refractivity contribution is 0.172. The van der Waals surface area contributed by atoms with Crippen LogP contribution in [-0.2, 0) is 6.42 Å². The molecule has 20 heavy (non-hydrogen) atoms. The third kappa shape index (κ3) is 1.97. The molecule has 0 bridgehead atoms. The molecule has 4 rings (SSSR count). The molecular formula is C15H13N3O2. The van der Waals surface area contributed by atoms with Crippen molar-refractivity contribution in [3.8, 4) is 11.5 Å². The quantitative estimate of drug-likeness (QED) is 0.774. The van der Waals surface area contributed by atoms with Crippen molar-refractivity contribution < 1.29 is 9.47 Å². The minimum absolute atomic E-state index is 0.590. The summed E-state index contributed by atoms with van der Waals surface area (Å²) in [6.45, 7) is 1.18. The van der Waals surface area contributed by atoms with Crippen LogP contribution in [0.4, 0.5) is 0 Å². The summed E-state index contributed by atoms with van der Waals surface area (Å²) in [7, 11) is 0. The molecule has 1 aliphatic heterocycles. The van der Waals surface area contributed by atoms with E-state index in [0.717, 1.165) is 34.8 Å². The first-order valence-electron chi connectivity index (χ1n) is 6.56. The van der Waals surface area contributed by atoms with Crippen molar-refractivity contribution in [3.05, 3.63) is 48.0 Å². The van der Waals surface area contributed by atoms with E-state index in [-0.39, 0.29) is 0 Å². The third-order valence-electron chi connectivity index (χ3n) is 3.32. The number of nitrogens with one attached hydrogen (secondary N) is 1. The average molecular weight is 267 g/mol. The number of H-pyrrole nitrogens is 1. The van der Waals surface area contributed by atoms with Crippen LogP contribution in [0.2, 0.25) is 0 Å². The van der Waals surface area contributed by atoms with Gasteiger partial charge in [0.1, 0.15) is 19.0 Å². The zero-order valence-corrected chi connectivity index (χ0v) is 10.8. The zero-order valence-electron chi connectivity index (χ0n) is 10.8. The maximum absolute atomic E-state index is 5.58. The number of aromatic amines is 1. The van der Waals surface area contributed by atoms with Crippen molar-refractivity contribution in [3.63, 3.8) is 0 Å². The molecule has 1 N–H and O–H groups in total. The van der Waals surface area contributed by atoms with Gasteiger partial charge in [-0.25, -0.2) is 4.98 Å². The number of fused-ring (bicyclic) bond motifs is 2. The van der Waals surface area contributed by atoms with Crippen LogP contribution in [0.1, 0.15) is 11.4 Å². The second-order valence-electron chi connectivity index (χ2n) is 4.73. The number of aromatic nitrogens is 3. The summed E-state index contributed by atoms with van der Waals surface area (Å²) in [5.41, 5.74) is 3.05. The first-order chi connectivity index (χ1) is 9.88. The number of ether oxygens (including phenoxy) is 2. The Balaban J connectivity index is 1.71. The Morgan fingerprint density at radius 1 is 1.05 bits per heavy atom. The third-order valence-corrected chi connectivity index (χ3v) is 3.32. The smallest absolute Gasteiger partial charge is 0.163 e. The van der Waals surface area contributed by atoms with Crippen LogP contribution in [0.5, 0.6) is 11.5 Å². The molecule has 0 saturated heterocycles. The Bertz CT molecular complexity index is 709. The number of imidazole rings is 1. The van der Waals surface area contributed by atoms with Crippen molar-refractivity contribution in [2.24, 2.45) is 0 Å². The van der Waals surface area contributed by atoms with E-state index >= 15 is 0 Å². The molecule has 0 spiro atoms. The summed E-state index contributed by atoms with van der Waals surface area (Å²) in [4.78, 5) is 12.0. The van der Waals surface area contributed by atoms with Gasteiger partial charge in [0.05, 0.1) is 11.0 Å². The zero-order chi connectivity index (χ0) is 13.4. The highest BCUT2D eigenvalue weighted by atomic mass is 16.6. The molecule has 0 aliphatic carbocycles.